The van der Waals surface area contributed by atoms with Gasteiger partial charge < -0.3 is 30.2 Å². The maximum absolute atomic E-state index is 11.6. The van der Waals surface area contributed by atoms with Gasteiger partial charge in [0, 0.05) is 20.2 Å². The number of nitrogens with one attached hydrogen (secondary N) is 1. The highest BCUT2D eigenvalue weighted by Gasteiger charge is 2.39. The smallest absolute Gasteiger partial charge is 0.404 e. The number of hydrogen-bond acceptors (Lipinski definition) is 6. The fourth-order valence-electron chi connectivity index (χ4n) is 3.68. The Balaban J connectivity index is 2.45. The van der Waals surface area contributed by atoms with E-state index in [0.29, 0.717) is 38.0 Å². The number of rotatable bonds is 5. The van der Waals surface area contributed by atoms with Crippen molar-refractivity contribution in [3.63, 3.8) is 0 Å². The summed E-state index contributed by atoms with van der Waals surface area (Å²) in [6.45, 7) is 9.37. The van der Waals surface area contributed by atoms with E-state index >= 15 is 0 Å². The Kier molecular flexibility index (Phi) is 6.30. The van der Waals surface area contributed by atoms with Gasteiger partial charge in [-0.3, -0.25) is 0 Å². The molecule has 27 heavy (non-hydrogen) atoms. The van der Waals surface area contributed by atoms with Crippen molar-refractivity contribution in [2.75, 3.05) is 25.1 Å². The zero-order chi connectivity index (χ0) is 20.4. The number of nitro groups is 1. The number of carbonyl (C=O) groups is 1. The van der Waals surface area contributed by atoms with Gasteiger partial charge in [0.05, 0.1) is 23.8 Å². The van der Waals surface area contributed by atoms with Gasteiger partial charge in [0.15, 0.2) is 5.82 Å². The zero-order valence-corrected chi connectivity index (χ0v) is 16.6. The summed E-state index contributed by atoms with van der Waals surface area (Å²) < 4.78 is 7.16. The average molecular weight is 383 g/mol. The van der Waals surface area contributed by atoms with E-state index in [2.05, 4.69) is 15.3 Å². The number of ether oxygens (including phenoxy) is 1. The van der Waals surface area contributed by atoms with Crippen LogP contribution in [-0.2, 0) is 16.7 Å². The summed E-state index contributed by atoms with van der Waals surface area (Å²) in [6.07, 6.45) is -0.192. The van der Waals surface area contributed by atoms with Crippen molar-refractivity contribution in [2.45, 2.75) is 64.6 Å². The molecule has 152 valence electrons. The minimum absolute atomic E-state index is 0.118. The Morgan fingerprint density at radius 1 is 1.41 bits per heavy atom. The minimum Gasteiger partial charge on any atom is -0.465 e. The van der Waals surface area contributed by atoms with Crippen LogP contribution in [0.1, 0.15) is 46.1 Å². The third kappa shape index (κ3) is 4.49. The van der Waals surface area contributed by atoms with Crippen LogP contribution in [0.25, 0.3) is 0 Å². The van der Waals surface area contributed by atoms with Crippen molar-refractivity contribution in [1.29, 1.82) is 0 Å². The first kappa shape index (κ1) is 20.9. The van der Waals surface area contributed by atoms with Crippen LogP contribution >= 0.6 is 0 Å². The van der Waals surface area contributed by atoms with E-state index in [1.54, 1.807) is 11.8 Å². The van der Waals surface area contributed by atoms with Gasteiger partial charge in [0.1, 0.15) is 5.56 Å². The molecule has 10 nitrogen and oxygen atoms in total. The number of aryl methyl sites for hydroxylation is 1. The lowest BCUT2D eigenvalue weighted by Crippen LogP contribution is -2.43. The van der Waals surface area contributed by atoms with Crippen molar-refractivity contribution in [3.05, 3.63) is 15.7 Å². The van der Waals surface area contributed by atoms with Gasteiger partial charge in [-0.25, -0.2) is 4.79 Å². The lowest BCUT2D eigenvalue weighted by molar-refractivity contribution is -0.390. The second kappa shape index (κ2) is 8.12. The molecule has 2 atom stereocenters. The van der Waals surface area contributed by atoms with Gasteiger partial charge >= 0.3 is 11.9 Å². The van der Waals surface area contributed by atoms with Crippen LogP contribution in [0.15, 0.2) is 0 Å². The summed E-state index contributed by atoms with van der Waals surface area (Å²) >= 11 is 0. The Bertz CT molecular complexity index is 697. The van der Waals surface area contributed by atoms with E-state index < -0.39 is 16.4 Å². The third-order valence-electron chi connectivity index (χ3n) is 4.88. The van der Waals surface area contributed by atoms with Gasteiger partial charge in [0.2, 0.25) is 0 Å². The van der Waals surface area contributed by atoms with E-state index in [4.69, 9.17) is 9.84 Å². The van der Waals surface area contributed by atoms with Crippen molar-refractivity contribution in [1.82, 2.24) is 15.1 Å². The van der Waals surface area contributed by atoms with E-state index in [1.807, 2.05) is 27.7 Å². The van der Waals surface area contributed by atoms with E-state index in [-0.39, 0.29) is 18.0 Å². The molecule has 2 rings (SSSR count). The van der Waals surface area contributed by atoms with Crippen LogP contribution in [0.4, 0.5) is 16.4 Å². The predicted molar refractivity (Wildman–Crippen MR) is 100 cm³/mol. The molecule has 0 radical (unpaired) electrons. The molecule has 0 saturated carbocycles. The first-order valence-corrected chi connectivity index (χ1v) is 9.13. The molecule has 2 heterocycles. The summed E-state index contributed by atoms with van der Waals surface area (Å²) in [7, 11) is 1.57. The monoisotopic (exact) mass is 383 g/mol. The maximum atomic E-state index is 11.6. The number of nitrogens with zero attached hydrogens (tertiary/aromatic N) is 4. The highest BCUT2D eigenvalue weighted by molar-refractivity contribution is 5.65. The van der Waals surface area contributed by atoms with Crippen LogP contribution in [-0.4, -0.2) is 58.2 Å². The summed E-state index contributed by atoms with van der Waals surface area (Å²) in [4.78, 5) is 24.3. The molecule has 0 bridgehead atoms. The molecule has 1 aromatic rings. The normalized spacial score (nSPS) is 21.0. The average Bonchev–Trinajstić information content (AvgIpc) is 2.86. The molecular formula is C17H29N5O5. The molecule has 1 aliphatic rings. The van der Waals surface area contributed by atoms with Gasteiger partial charge in [-0.05, 0) is 30.1 Å². The topological polar surface area (TPSA) is 123 Å². The molecule has 1 saturated heterocycles. The summed E-state index contributed by atoms with van der Waals surface area (Å²) in [5, 5.41) is 27.4. The zero-order valence-electron chi connectivity index (χ0n) is 16.6. The molecule has 0 aromatic carbocycles. The second-order valence-corrected chi connectivity index (χ2v) is 7.74. The fraction of sp³-hybridized carbons (Fsp3) is 0.765. The molecule has 2 unspecified atom stereocenters. The molecule has 0 spiro atoms. The second-order valence-electron chi connectivity index (χ2n) is 7.74. The molecule has 1 amide bonds. The van der Waals surface area contributed by atoms with Crippen LogP contribution in [0.2, 0.25) is 0 Å². The van der Waals surface area contributed by atoms with Crippen molar-refractivity contribution in [3.8, 4) is 0 Å². The summed E-state index contributed by atoms with van der Waals surface area (Å²) in [5.41, 5.74) is 0.143. The molecule has 0 aliphatic carbocycles. The van der Waals surface area contributed by atoms with Gasteiger partial charge in [0.25, 0.3) is 0 Å². The van der Waals surface area contributed by atoms with Crippen LogP contribution in [0.3, 0.4) is 0 Å². The SMILES string of the molecule is CCn1nc([N+](=O)[O-])c(C(C)(C)C)c1N1CCC(NC(=O)O)C(OC)CC1. The summed E-state index contributed by atoms with van der Waals surface area (Å²) in [5.74, 6) is 0.620. The number of carboxylic acid groups (broad SMARTS) is 1. The lowest BCUT2D eigenvalue weighted by Gasteiger charge is -2.27. The van der Waals surface area contributed by atoms with Crippen molar-refractivity contribution < 1.29 is 19.6 Å². The lowest BCUT2D eigenvalue weighted by atomic mass is 9.87. The van der Waals surface area contributed by atoms with Gasteiger partial charge in [-0.15, -0.1) is 0 Å². The van der Waals surface area contributed by atoms with Crippen LogP contribution < -0.4 is 10.2 Å². The molecule has 1 fully saturated rings. The fourth-order valence-corrected chi connectivity index (χ4v) is 3.68. The summed E-state index contributed by atoms with van der Waals surface area (Å²) in [6, 6.07) is -0.330. The highest BCUT2D eigenvalue weighted by Crippen LogP contribution is 2.39. The van der Waals surface area contributed by atoms with Crippen LogP contribution in [0.5, 0.6) is 0 Å². The number of anilines is 1. The standard InChI is InChI=1S/C17H29N5O5/c1-6-21-15(13(17(2,3)4)14(19-21)22(25)26)20-9-7-11(18-16(23)24)12(27-5)8-10-20/h11-12,18H,6-10H2,1-5H3,(H,23,24). The van der Waals surface area contributed by atoms with E-state index in [1.165, 1.54) is 0 Å². The molecule has 1 aliphatic heterocycles. The Hall–Kier alpha value is -2.36. The largest absolute Gasteiger partial charge is 0.465 e. The Labute approximate surface area is 158 Å². The minimum atomic E-state index is -1.08. The van der Waals surface area contributed by atoms with Crippen molar-refractivity contribution >= 4 is 17.7 Å². The number of amides is 1. The number of aromatic nitrogens is 2. The molecule has 2 N–H and O–H groups in total. The number of methoxy groups -OCH3 is 1. The first-order chi connectivity index (χ1) is 12.6. The molecular weight excluding hydrogens is 354 g/mol. The predicted octanol–water partition coefficient (Wildman–Crippen LogP) is 2.36. The maximum Gasteiger partial charge on any atom is 0.404 e. The van der Waals surface area contributed by atoms with Gasteiger partial charge in [-0.2, -0.15) is 4.68 Å². The highest BCUT2D eigenvalue weighted by atomic mass is 16.6. The number of hydrogen-bond donors (Lipinski definition) is 2. The van der Waals surface area contributed by atoms with E-state index in [0.717, 1.165) is 5.82 Å². The quantitative estimate of drug-likeness (QED) is 0.591. The first-order valence-electron chi connectivity index (χ1n) is 9.13. The third-order valence-corrected chi connectivity index (χ3v) is 4.88. The molecule has 10 heteroatoms. The van der Waals surface area contributed by atoms with E-state index in [9.17, 15) is 14.9 Å². The van der Waals surface area contributed by atoms with Gasteiger partial charge in [-0.1, -0.05) is 20.8 Å². The Morgan fingerprint density at radius 3 is 2.52 bits per heavy atom. The molecule has 1 aromatic heterocycles. The van der Waals surface area contributed by atoms with Crippen LogP contribution in [0, 0.1) is 10.1 Å². The Morgan fingerprint density at radius 2 is 2.04 bits per heavy atom. The van der Waals surface area contributed by atoms with Crippen molar-refractivity contribution in [2.24, 2.45) is 0 Å².